The minimum Gasteiger partial charge on any atom is -0.504 e. The van der Waals surface area contributed by atoms with E-state index in [1.54, 1.807) is 6.07 Å². The van der Waals surface area contributed by atoms with Gasteiger partial charge in [-0.1, -0.05) is 36.4 Å². The van der Waals surface area contributed by atoms with E-state index in [9.17, 15) is 10.2 Å². The topological polar surface area (TPSA) is 56.2 Å². The summed E-state index contributed by atoms with van der Waals surface area (Å²) in [5, 5.41) is 19.5. The summed E-state index contributed by atoms with van der Waals surface area (Å²) in [5.41, 5.74) is 2.54. The molecule has 1 saturated heterocycles. The van der Waals surface area contributed by atoms with Crippen molar-refractivity contribution in [2.45, 2.75) is 38.8 Å². The number of rotatable bonds is 10. The molecule has 1 aliphatic heterocycles. The van der Waals surface area contributed by atoms with E-state index < -0.39 is 0 Å². The lowest BCUT2D eigenvalue weighted by molar-refractivity contribution is 0.0546. The van der Waals surface area contributed by atoms with Crippen molar-refractivity contribution in [2.75, 3.05) is 39.4 Å². The van der Waals surface area contributed by atoms with Crippen LogP contribution in [0.1, 0.15) is 30.9 Å². The predicted molar refractivity (Wildman–Crippen MR) is 116 cm³/mol. The molecule has 1 aliphatic rings. The SMILES string of the molecule is CCOc1cc(CN2CCN(CCCc3ccccc3)C(CCO)C2)ccc1O. The number of aliphatic hydroxyl groups is 1. The maximum Gasteiger partial charge on any atom is 0.161 e. The Morgan fingerprint density at radius 2 is 1.90 bits per heavy atom. The van der Waals surface area contributed by atoms with E-state index in [0.717, 1.165) is 57.5 Å². The molecular formula is C24H34N2O3. The quantitative estimate of drug-likeness (QED) is 0.643. The van der Waals surface area contributed by atoms with Gasteiger partial charge in [0.1, 0.15) is 0 Å². The molecule has 2 aromatic rings. The summed E-state index contributed by atoms with van der Waals surface area (Å²) < 4.78 is 5.51. The van der Waals surface area contributed by atoms with Gasteiger partial charge in [0.05, 0.1) is 6.61 Å². The van der Waals surface area contributed by atoms with Crippen molar-refractivity contribution in [1.29, 1.82) is 0 Å². The van der Waals surface area contributed by atoms with Crippen LogP contribution in [0.4, 0.5) is 0 Å². The monoisotopic (exact) mass is 398 g/mol. The van der Waals surface area contributed by atoms with Gasteiger partial charge in [-0.3, -0.25) is 9.80 Å². The van der Waals surface area contributed by atoms with Crippen molar-refractivity contribution in [2.24, 2.45) is 0 Å². The lowest BCUT2D eigenvalue weighted by atomic mass is 10.1. The van der Waals surface area contributed by atoms with Gasteiger partial charge in [-0.25, -0.2) is 0 Å². The van der Waals surface area contributed by atoms with Crippen LogP contribution in [-0.4, -0.2) is 65.4 Å². The zero-order chi connectivity index (χ0) is 20.5. The zero-order valence-corrected chi connectivity index (χ0v) is 17.5. The summed E-state index contributed by atoms with van der Waals surface area (Å²) >= 11 is 0. The van der Waals surface area contributed by atoms with Crippen LogP contribution >= 0.6 is 0 Å². The van der Waals surface area contributed by atoms with Gasteiger partial charge >= 0.3 is 0 Å². The molecular weight excluding hydrogens is 364 g/mol. The second-order valence-corrected chi connectivity index (χ2v) is 7.76. The molecule has 5 heteroatoms. The second kappa shape index (κ2) is 11.2. The Labute approximate surface area is 174 Å². The number of hydrogen-bond donors (Lipinski definition) is 2. The number of ether oxygens (including phenoxy) is 1. The molecule has 29 heavy (non-hydrogen) atoms. The van der Waals surface area contributed by atoms with Gasteiger partial charge in [-0.05, 0) is 56.0 Å². The van der Waals surface area contributed by atoms with Crippen molar-refractivity contribution >= 4 is 0 Å². The van der Waals surface area contributed by atoms with Crippen LogP contribution in [0.15, 0.2) is 48.5 Å². The largest absolute Gasteiger partial charge is 0.504 e. The standard InChI is InChI=1S/C24H34N2O3/c1-2-29-24-17-21(10-11-23(24)28)18-25-14-15-26(22(19-25)12-16-27)13-6-9-20-7-4-3-5-8-20/h3-5,7-8,10-11,17,22,27-28H,2,6,9,12-16,18-19H2,1H3. The first-order valence-corrected chi connectivity index (χ1v) is 10.8. The fourth-order valence-corrected chi connectivity index (χ4v) is 4.14. The van der Waals surface area contributed by atoms with Crippen LogP contribution in [0.5, 0.6) is 11.5 Å². The molecule has 3 rings (SSSR count). The maximum atomic E-state index is 9.91. The van der Waals surface area contributed by atoms with E-state index >= 15 is 0 Å². The van der Waals surface area contributed by atoms with Gasteiger partial charge < -0.3 is 14.9 Å². The molecule has 1 heterocycles. The van der Waals surface area contributed by atoms with Gasteiger partial charge in [0.15, 0.2) is 11.5 Å². The number of phenolic OH excluding ortho intramolecular Hbond substituents is 1. The Bertz CT molecular complexity index is 738. The Kier molecular flexibility index (Phi) is 8.35. The number of aliphatic hydroxyl groups excluding tert-OH is 1. The third-order valence-corrected chi connectivity index (χ3v) is 5.63. The van der Waals surface area contributed by atoms with Crippen LogP contribution in [0.3, 0.4) is 0 Å². The lowest BCUT2D eigenvalue weighted by Crippen LogP contribution is -2.53. The molecule has 1 fully saturated rings. The third-order valence-electron chi connectivity index (χ3n) is 5.63. The number of benzene rings is 2. The van der Waals surface area contributed by atoms with Gasteiger partial charge in [0.25, 0.3) is 0 Å². The highest BCUT2D eigenvalue weighted by Crippen LogP contribution is 2.28. The van der Waals surface area contributed by atoms with Crippen LogP contribution in [0.2, 0.25) is 0 Å². The fourth-order valence-electron chi connectivity index (χ4n) is 4.14. The van der Waals surface area contributed by atoms with E-state index in [4.69, 9.17) is 4.74 Å². The summed E-state index contributed by atoms with van der Waals surface area (Å²) in [5.74, 6) is 0.744. The van der Waals surface area contributed by atoms with E-state index in [2.05, 4.69) is 40.1 Å². The second-order valence-electron chi connectivity index (χ2n) is 7.76. The zero-order valence-electron chi connectivity index (χ0n) is 17.5. The van der Waals surface area contributed by atoms with Crippen molar-refractivity contribution < 1.29 is 14.9 Å². The number of aryl methyl sites for hydroxylation is 1. The number of phenols is 1. The predicted octanol–water partition coefficient (Wildman–Crippen LogP) is 3.29. The highest BCUT2D eigenvalue weighted by molar-refractivity contribution is 5.41. The average Bonchev–Trinajstić information content (AvgIpc) is 2.73. The van der Waals surface area contributed by atoms with Crippen LogP contribution in [0, 0.1) is 0 Å². The van der Waals surface area contributed by atoms with Crippen molar-refractivity contribution in [1.82, 2.24) is 9.80 Å². The van der Waals surface area contributed by atoms with Crippen molar-refractivity contribution in [3.8, 4) is 11.5 Å². The van der Waals surface area contributed by atoms with Crippen LogP contribution < -0.4 is 4.74 Å². The first-order chi connectivity index (χ1) is 14.2. The Morgan fingerprint density at radius 1 is 1.07 bits per heavy atom. The molecule has 158 valence electrons. The number of hydrogen-bond acceptors (Lipinski definition) is 5. The summed E-state index contributed by atoms with van der Waals surface area (Å²) in [6.45, 7) is 7.58. The molecule has 0 aromatic heterocycles. The number of piperazine rings is 1. The maximum absolute atomic E-state index is 9.91. The number of aromatic hydroxyl groups is 1. The summed E-state index contributed by atoms with van der Waals surface area (Å²) in [7, 11) is 0. The van der Waals surface area contributed by atoms with Gasteiger partial charge in [-0.15, -0.1) is 0 Å². The molecule has 5 nitrogen and oxygen atoms in total. The summed E-state index contributed by atoms with van der Waals surface area (Å²) in [6, 6.07) is 16.6. The molecule has 2 aromatic carbocycles. The molecule has 0 radical (unpaired) electrons. The van der Waals surface area contributed by atoms with Gasteiger partial charge in [0, 0.05) is 38.8 Å². The average molecular weight is 399 g/mol. The molecule has 0 saturated carbocycles. The third kappa shape index (κ3) is 6.46. The van der Waals surface area contributed by atoms with Crippen molar-refractivity contribution in [3.63, 3.8) is 0 Å². The Morgan fingerprint density at radius 3 is 2.66 bits per heavy atom. The van der Waals surface area contributed by atoms with E-state index in [-0.39, 0.29) is 12.4 Å². The molecule has 2 N–H and O–H groups in total. The fraction of sp³-hybridized carbons (Fsp3) is 0.500. The van der Waals surface area contributed by atoms with E-state index in [1.807, 2.05) is 19.1 Å². The smallest absolute Gasteiger partial charge is 0.161 e. The first-order valence-electron chi connectivity index (χ1n) is 10.8. The van der Waals surface area contributed by atoms with Crippen molar-refractivity contribution in [3.05, 3.63) is 59.7 Å². The molecule has 0 aliphatic carbocycles. The molecule has 0 spiro atoms. The highest BCUT2D eigenvalue weighted by atomic mass is 16.5. The lowest BCUT2D eigenvalue weighted by Gasteiger charge is -2.41. The van der Waals surface area contributed by atoms with E-state index in [0.29, 0.717) is 18.4 Å². The Balaban J connectivity index is 1.53. The first kappa shape index (κ1) is 21.6. The summed E-state index contributed by atoms with van der Waals surface area (Å²) in [4.78, 5) is 4.98. The molecule has 1 unspecified atom stereocenters. The highest BCUT2D eigenvalue weighted by Gasteiger charge is 2.26. The molecule has 0 bridgehead atoms. The van der Waals surface area contributed by atoms with Crippen LogP contribution in [0.25, 0.3) is 0 Å². The van der Waals surface area contributed by atoms with Gasteiger partial charge in [0.2, 0.25) is 0 Å². The molecule has 0 amide bonds. The Hall–Kier alpha value is -2.08. The minimum atomic E-state index is 0.192. The van der Waals surface area contributed by atoms with Gasteiger partial charge in [-0.2, -0.15) is 0 Å². The molecule has 1 atom stereocenters. The minimum absolute atomic E-state index is 0.192. The normalized spacial score (nSPS) is 18.1. The number of nitrogens with zero attached hydrogens (tertiary/aromatic N) is 2. The summed E-state index contributed by atoms with van der Waals surface area (Å²) in [6.07, 6.45) is 3.05. The van der Waals surface area contributed by atoms with E-state index in [1.165, 1.54) is 5.56 Å². The van der Waals surface area contributed by atoms with Crippen LogP contribution in [-0.2, 0) is 13.0 Å².